The van der Waals surface area contributed by atoms with Gasteiger partial charge in [0.1, 0.15) is 35.6 Å². The molecule has 0 unspecified atom stereocenters. The molecular formula is C73H96N14O10. The van der Waals surface area contributed by atoms with Crippen LogP contribution in [0.15, 0.2) is 127 Å². The molecule has 1 saturated carbocycles. The lowest BCUT2D eigenvalue weighted by molar-refractivity contribution is -0.139. The molecule has 9 atom stereocenters. The Labute approximate surface area is 568 Å². The van der Waals surface area contributed by atoms with Crippen molar-refractivity contribution in [3.8, 4) is 0 Å². The quantitative estimate of drug-likeness (QED) is 0.0300. The highest BCUT2D eigenvalue weighted by molar-refractivity contribution is 5.91. The first-order valence-electron chi connectivity index (χ1n) is 33.4. The molecule has 6 amide bonds. The van der Waals surface area contributed by atoms with Crippen LogP contribution in [-0.4, -0.2) is 139 Å². The highest BCUT2D eigenvalue weighted by atomic mass is 16.4. The molecule has 24 nitrogen and oxygen atoms in total. The van der Waals surface area contributed by atoms with Gasteiger partial charge in [0, 0.05) is 55.7 Å². The van der Waals surface area contributed by atoms with Crippen LogP contribution in [0, 0.1) is 26.7 Å². The van der Waals surface area contributed by atoms with E-state index in [1.807, 2.05) is 103 Å². The van der Waals surface area contributed by atoms with E-state index in [0.717, 1.165) is 83.4 Å². The topological polar surface area (TPSA) is 372 Å². The molecule has 518 valence electrons. The number of nitrogens with zero attached hydrogens (tertiary/aromatic N) is 5. The standard InChI is InChI=1S/2C25H33N5O4.C23H30N4O2/c2*1-16-20(8-9-22(26)28-16)15-27-24(33)17(2)29-25(34)21-14-19(18-6-4-3-5-7-18)10-12-30(21)13-11-23(31)32;1-15-20(11-12-21(24)26-15)14-25-22(28)16(2)27-23(29)19-10-6-9-18(13-19)17-7-4-3-5-8-17/h2*3-9,17,19,21H,10-15H2,1-2H3,(H2,26,28)(H,27,33)(H,29,34)(H,31,32);3-5,7-8,11-12,16,18-19H,6,9-10,13-14H2,1-2H3,(H2,24,26)(H,25,28)(H,27,29)/t2*17-,19-,21+;16-,18-,19+/m000/s1. The van der Waals surface area contributed by atoms with E-state index in [1.165, 1.54) is 5.56 Å². The fourth-order valence-corrected chi connectivity index (χ4v) is 12.6. The first-order valence-corrected chi connectivity index (χ1v) is 33.4. The van der Waals surface area contributed by atoms with E-state index in [0.29, 0.717) is 68.9 Å². The Morgan fingerprint density at radius 1 is 0.443 bits per heavy atom. The number of aryl methyl sites for hydroxylation is 3. The second-order valence-electron chi connectivity index (χ2n) is 25.4. The summed E-state index contributed by atoms with van der Waals surface area (Å²) in [5.41, 5.74) is 25.5. The SMILES string of the molecule is Cc1nc(N)ccc1CNC(=O)[C@H](C)NC(=O)[C@@H]1CCC[C@H](c2ccccc2)C1.Cc1nc(N)ccc1CNC(=O)[C@H](C)NC(=O)[C@H]1C[C@@H](c2ccccc2)CCN1CCC(=O)O.Cc1nc(N)ccc1CNC(=O)[C@H](C)NC(=O)[C@H]1C[C@@H](c2ccccc2)CCN1CCC(=O)O. The molecular weight excluding hydrogens is 1230 g/mol. The van der Waals surface area contributed by atoms with Gasteiger partial charge in [-0.05, 0) is 169 Å². The molecule has 2 saturated heterocycles. The van der Waals surface area contributed by atoms with Crippen molar-refractivity contribution >= 4 is 64.8 Å². The number of pyridine rings is 3. The molecule has 9 rings (SSSR count). The Balaban J connectivity index is 0.000000206. The van der Waals surface area contributed by atoms with E-state index in [-0.39, 0.29) is 79.1 Å². The number of anilines is 3. The van der Waals surface area contributed by atoms with Gasteiger partial charge in [-0.3, -0.25) is 48.2 Å². The van der Waals surface area contributed by atoms with Gasteiger partial charge in [-0.15, -0.1) is 0 Å². The number of benzene rings is 3. The minimum absolute atomic E-state index is 0.0291. The summed E-state index contributed by atoms with van der Waals surface area (Å²) in [6.07, 6.45) is 6.60. The van der Waals surface area contributed by atoms with Gasteiger partial charge in [0.2, 0.25) is 35.4 Å². The van der Waals surface area contributed by atoms with Crippen LogP contribution >= 0.6 is 0 Å². The van der Waals surface area contributed by atoms with Crippen LogP contribution in [0.1, 0.15) is 153 Å². The lowest BCUT2D eigenvalue weighted by Gasteiger charge is -2.39. The molecule has 3 fully saturated rings. The van der Waals surface area contributed by atoms with Crippen LogP contribution in [0.2, 0.25) is 0 Å². The Morgan fingerprint density at radius 3 is 1.08 bits per heavy atom. The highest BCUT2D eigenvalue weighted by Gasteiger charge is 2.37. The Bertz CT molecular complexity index is 3460. The van der Waals surface area contributed by atoms with E-state index in [9.17, 15) is 38.4 Å². The number of carboxylic acids is 2. The molecule has 0 bridgehead atoms. The Morgan fingerprint density at radius 2 is 0.763 bits per heavy atom. The van der Waals surface area contributed by atoms with Crippen LogP contribution in [0.4, 0.5) is 17.5 Å². The minimum atomic E-state index is -0.899. The van der Waals surface area contributed by atoms with Gasteiger partial charge < -0.3 is 59.3 Å². The lowest BCUT2D eigenvalue weighted by Crippen LogP contribution is -2.55. The molecule has 0 spiro atoms. The lowest BCUT2D eigenvalue weighted by atomic mass is 9.77. The average Bonchev–Trinajstić information content (AvgIpc) is 1.03. The Hall–Kier alpha value is -9.81. The first-order chi connectivity index (χ1) is 46.4. The largest absolute Gasteiger partial charge is 0.481 e. The van der Waals surface area contributed by atoms with Crippen molar-refractivity contribution in [3.63, 3.8) is 0 Å². The monoisotopic (exact) mass is 1330 g/mol. The van der Waals surface area contributed by atoms with Crippen molar-refractivity contribution in [1.29, 1.82) is 0 Å². The minimum Gasteiger partial charge on any atom is -0.481 e. The number of amides is 6. The predicted molar refractivity (Wildman–Crippen MR) is 372 cm³/mol. The van der Waals surface area contributed by atoms with Gasteiger partial charge in [-0.2, -0.15) is 0 Å². The third-order valence-corrected chi connectivity index (χ3v) is 18.4. The number of piperidine rings is 2. The van der Waals surface area contributed by atoms with Crippen LogP contribution < -0.4 is 49.1 Å². The van der Waals surface area contributed by atoms with E-state index >= 15 is 0 Å². The van der Waals surface area contributed by atoms with Crippen molar-refractivity contribution in [2.24, 2.45) is 5.92 Å². The maximum absolute atomic E-state index is 13.2. The van der Waals surface area contributed by atoms with Gasteiger partial charge >= 0.3 is 11.9 Å². The second-order valence-corrected chi connectivity index (χ2v) is 25.4. The zero-order valence-corrected chi connectivity index (χ0v) is 56.5. The van der Waals surface area contributed by atoms with Crippen LogP contribution in [0.25, 0.3) is 0 Å². The van der Waals surface area contributed by atoms with Crippen molar-refractivity contribution in [3.05, 3.63) is 178 Å². The number of carbonyl (C=O) groups is 8. The molecule has 0 radical (unpaired) electrons. The number of aliphatic carboxylic acids is 2. The number of carbonyl (C=O) groups excluding carboxylic acids is 6. The molecule has 24 heteroatoms. The number of nitrogens with one attached hydrogen (secondary N) is 6. The molecule has 6 aromatic rings. The van der Waals surface area contributed by atoms with Crippen molar-refractivity contribution in [2.45, 2.75) is 173 Å². The summed E-state index contributed by atoms with van der Waals surface area (Å²) >= 11 is 0. The Kier molecular flexibility index (Phi) is 28.4. The number of nitrogens with two attached hydrogens (primary N) is 3. The van der Waals surface area contributed by atoms with E-state index in [1.54, 1.807) is 39.0 Å². The van der Waals surface area contributed by atoms with Crippen molar-refractivity contribution in [2.75, 3.05) is 43.4 Å². The number of hydrogen-bond donors (Lipinski definition) is 11. The van der Waals surface area contributed by atoms with Gasteiger partial charge in [-0.25, -0.2) is 15.0 Å². The number of nitrogen functional groups attached to an aromatic ring is 3. The van der Waals surface area contributed by atoms with E-state index in [2.05, 4.69) is 83.3 Å². The van der Waals surface area contributed by atoms with E-state index in [4.69, 9.17) is 27.4 Å². The summed E-state index contributed by atoms with van der Waals surface area (Å²) in [7, 11) is 0. The van der Waals surface area contributed by atoms with E-state index < -0.39 is 42.1 Å². The fraction of sp³-hybridized carbons (Fsp3) is 0.438. The molecule has 3 aromatic heterocycles. The van der Waals surface area contributed by atoms with Gasteiger partial charge in [0.15, 0.2) is 0 Å². The third kappa shape index (κ3) is 23.2. The first kappa shape index (κ1) is 74.6. The zero-order chi connectivity index (χ0) is 70.1. The van der Waals surface area contributed by atoms with Crippen LogP contribution in [0.3, 0.4) is 0 Å². The summed E-state index contributed by atoms with van der Waals surface area (Å²) in [6.45, 7) is 13.2. The van der Waals surface area contributed by atoms with Crippen molar-refractivity contribution in [1.82, 2.24) is 56.7 Å². The normalized spacial score (nSPS) is 19.4. The van der Waals surface area contributed by atoms with Crippen LogP contribution in [-0.2, 0) is 58.0 Å². The van der Waals surface area contributed by atoms with Gasteiger partial charge in [-0.1, -0.05) is 116 Å². The molecule has 2 aliphatic heterocycles. The van der Waals surface area contributed by atoms with Gasteiger partial charge in [0.25, 0.3) is 0 Å². The summed E-state index contributed by atoms with van der Waals surface area (Å²) in [4.78, 5) is 115. The van der Waals surface area contributed by atoms with Gasteiger partial charge in [0.05, 0.1) is 24.9 Å². The molecule has 14 N–H and O–H groups in total. The number of likely N-dealkylation sites (tertiary alicyclic amines) is 2. The molecule has 97 heavy (non-hydrogen) atoms. The summed E-state index contributed by atoms with van der Waals surface area (Å²) in [6, 6.07) is 37.9. The number of rotatable bonds is 24. The summed E-state index contributed by atoms with van der Waals surface area (Å²) in [5.74, 6) is -1.13. The summed E-state index contributed by atoms with van der Waals surface area (Å²) in [5, 5.41) is 35.3. The number of carboxylic acid groups (broad SMARTS) is 2. The third-order valence-electron chi connectivity index (χ3n) is 18.4. The number of hydrogen-bond acceptors (Lipinski definition) is 16. The molecule has 3 aromatic carbocycles. The molecule has 3 aliphatic rings. The fourth-order valence-electron chi connectivity index (χ4n) is 12.6. The smallest absolute Gasteiger partial charge is 0.304 e. The average molecular weight is 1330 g/mol. The molecule has 1 aliphatic carbocycles. The zero-order valence-electron chi connectivity index (χ0n) is 56.5. The number of aromatic nitrogens is 3. The maximum atomic E-state index is 13.2. The summed E-state index contributed by atoms with van der Waals surface area (Å²) < 4.78 is 0. The maximum Gasteiger partial charge on any atom is 0.304 e. The predicted octanol–water partition coefficient (Wildman–Crippen LogP) is 6.70. The van der Waals surface area contributed by atoms with Crippen LogP contribution in [0.5, 0.6) is 0 Å². The van der Waals surface area contributed by atoms with Crippen molar-refractivity contribution < 1.29 is 48.6 Å². The highest BCUT2D eigenvalue weighted by Crippen LogP contribution is 2.37. The molecule has 5 heterocycles. The second kappa shape index (κ2) is 36.9.